The molecule has 0 radical (unpaired) electrons. The molecule has 1 aromatic heterocycles. The second-order valence-corrected chi connectivity index (χ2v) is 5.74. The summed E-state index contributed by atoms with van der Waals surface area (Å²) in [7, 11) is 0. The van der Waals surface area contributed by atoms with Crippen LogP contribution in [0, 0.1) is 19.3 Å². The summed E-state index contributed by atoms with van der Waals surface area (Å²) in [6.45, 7) is 2.05. The third-order valence-electron chi connectivity index (χ3n) is 3.87. The maximum atomic E-state index is 12.0. The Hall–Kier alpha value is -2.66. The Bertz CT molecular complexity index is 896. The number of hydrogen-bond acceptors (Lipinski definition) is 5. The number of H-pyrrole nitrogens is 1. The van der Waals surface area contributed by atoms with Crippen LogP contribution in [-0.2, 0) is 20.8 Å². The van der Waals surface area contributed by atoms with Crippen molar-refractivity contribution in [2.24, 2.45) is 0 Å². The van der Waals surface area contributed by atoms with Crippen molar-refractivity contribution >= 4 is 0 Å². The molecule has 0 bridgehead atoms. The second-order valence-electron chi connectivity index (χ2n) is 5.74. The van der Waals surface area contributed by atoms with Crippen molar-refractivity contribution in [1.82, 2.24) is 9.55 Å². The van der Waals surface area contributed by atoms with Crippen LogP contribution in [-0.4, -0.2) is 28.6 Å². The molecule has 1 saturated heterocycles. The largest absolute Gasteiger partial charge is 0.370 e. The molecule has 7 heteroatoms. The van der Waals surface area contributed by atoms with Crippen molar-refractivity contribution in [3.63, 3.8) is 0 Å². The van der Waals surface area contributed by atoms with Gasteiger partial charge in [0.2, 0.25) is 0 Å². The normalized spacial score (nSPS) is 22.6. The molecule has 1 N–H and O–H groups in total. The molecular formula is C18H18N2O5. The van der Waals surface area contributed by atoms with Crippen LogP contribution in [0.3, 0.4) is 0 Å². The summed E-state index contributed by atoms with van der Waals surface area (Å²) in [4.78, 5) is 25.7. The molecule has 0 amide bonds. The van der Waals surface area contributed by atoms with Crippen LogP contribution in [0.1, 0.15) is 17.4 Å². The van der Waals surface area contributed by atoms with Crippen molar-refractivity contribution < 1.29 is 14.2 Å². The summed E-state index contributed by atoms with van der Waals surface area (Å²) in [5, 5.41) is 0. The highest BCUT2D eigenvalue weighted by molar-refractivity contribution is 5.13. The van der Waals surface area contributed by atoms with E-state index in [0.29, 0.717) is 12.2 Å². The summed E-state index contributed by atoms with van der Waals surface area (Å²) in [6.07, 6.45) is 6.24. The molecule has 2 aromatic rings. The van der Waals surface area contributed by atoms with E-state index < -0.39 is 23.3 Å². The quantitative estimate of drug-likeness (QED) is 0.818. The van der Waals surface area contributed by atoms with Gasteiger partial charge in [-0.1, -0.05) is 30.3 Å². The smallest absolute Gasteiger partial charge is 0.330 e. The molecule has 1 aromatic carbocycles. The number of aromatic amines is 1. The van der Waals surface area contributed by atoms with Crippen LogP contribution in [0.5, 0.6) is 0 Å². The maximum Gasteiger partial charge on any atom is 0.330 e. The molecule has 1 fully saturated rings. The van der Waals surface area contributed by atoms with Gasteiger partial charge in [0.15, 0.2) is 6.23 Å². The predicted molar refractivity (Wildman–Crippen MR) is 89.8 cm³/mol. The third kappa shape index (κ3) is 3.72. The van der Waals surface area contributed by atoms with Crippen molar-refractivity contribution in [3.05, 3.63) is 68.5 Å². The Morgan fingerprint density at radius 2 is 2.16 bits per heavy atom. The lowest BCUT2D eigenvalue weighted by molar-refractivity contribution is -0.171. The molecule has 130 valence electrons. The first-order valence-electron chi connectivity index (χ1n) is 7.76. The molecule has 2 atom stereocenters. The summed E-state index contributed by atoms with van der Waals surface area (Å²) < 4.78 is 18.2. The molecule has 0 aliphatic carbocycles. The molecule has 25 heavy (non-hydrogen) atoms. The van der Waals surface area contributed by atoms with Gasteiger partial charge in [-0.2, -0.15) is 0 Å². The highest BCUT2D eigenvalue weighted by Crippen LogP contribution is 2.29. The number of hydrogen-bond donors (Lipinski definition) is 1. The SMILES string of the molecule is C#C[C@@]1(COCc2ccccc2)OCC(n2cc(C)c(=O)[nH]c2=O)O1. The topological polar surface area (TPSA) is 82.5 Å². The fourth-order valence-corrected chi connectivity index (χ4v) is 2.50. The lowest BCUT2D eigenvalue weighted by atomic mass is 10.2. The van der Waals surface area contributed by atoms with Crippen LogP contribution < -0.4 is 11.2 Å². The Balaban J connectivity index is 1.69. The van der Waals surface area contributed by atoms with Gasteiger partial charge in [-0.05, 0) is 18.4 Å². The first-order valence-corrected chi connectivity index (χ1v) is 7.76. The van der Waals surface area contributed by atoms with Gasteiger partial charge < -0.3 is 14.2 Å². The predicted octanol–water partition coefficient (Wildman–Crippen LogP) is 0.937. The molecule has 1 aliphatic rings. The van der Waals surface area contributed by atoms with Crippen LogP contribution in [0.15, 0.2) is 46.1 Å². The van der Waals surface area contributed by atoms with Crippen molar-refractivity contribution in [3.8, 4) is 12.3 Å². The first-order chi connectivity index (χ1) is 12.0. The van der Waals surface area contributed by atoms with E-state index in [2.05, 4.69) is 10.9 Å². The van der Waals surface area contributed by atoms with Gasteiger partial charge in [0, 0.05) is 11.8 Å². The number of rotatable bonds is 5. The van der Waals surface area contributed by atoms with Crippen LogP contribution in [0.4, 0.5) is 0 Å². The van der Waals surface area contributed by atoms with E-state index in [1.54, 1.807) is 6.92 Å². The van der Waals surface area contributed by atoms with E-state index in [-0.39, 0.29) is 13.2 Å². The summed E-state index contributed by atoms with van der Waals surface area (Å²) in [5.74, 6) is 1.08. The van der Waals surface area contributed by atoms with E-state index >= 15 is 0 Å². The minimum Gasteiger partial charge on any atom is -0.370 e. The standard InChI is InChI=1S/C18H18N2O5/c1-3-18(12-23-10-14-7-5-4-6-8-14)24-11-15(25-18)20-9-13(2)16(21)19-17(20)22/h1,4-9,15H,10-12H2,2H3,(H,19,21,22)/t15?,18-/m1/s1. The number of nitrogens with one attached hydrogen (secondary N) is 1. The fourth-order valence-electron chi connectivity index (χ4n) is 2.50. The van der Waals surface area contributed by atoms with E-state index in [1.807, 2.05) is 30.3 Å². The zero-order valence-corrected chi connectivity index (χ0v) is 13.7. The molecule has 7 nitrogen and oxygen atoms in total. The maximum absolute atomic E-state index is 12.0. The average molecular weight is 342 g/mol. The molecule has 1 unspecified atom stereocenters. The lowest BCUT2D eigenvalue weighted by Gasteiger charge is -2.22. The van der Waals surface area contributed by atoms with Crippen LogP contribution in [0.25, 0.3) is 0 Å². The minimum absolute atomic E-state index is 0.0198. The fraction of sp³-hybridized carbons (Fsp3) is 0.333. The first kappa shape index (κ1) is 17.2. The molecule has 3 rings (SSSR count). The van der Waals surface area contributed by atoms with Gasteiger partial charge in [0.05, 0.1) is 13.2 Å². The van der Waals surface area contributed by atoms with Crippen LogP contribution >= 0.6 is 0 Å². The minimum atomic E-state index is -1.37. The Morgan fingerprint density at radius 3 is 2.88 bits per heavy atom. The summed E-state index contributed by atoms with van der Waals surface area (Å²) in [5.41, 5.74) is 0.371. The number of nitrogens with zero attached hydrogens (tertiary/aromatic N) is 1. The van der Waals surface area contributed by atoms with E-state index in [9.17, 15) is 9.59 Å². The zero-order chi connectivity index (χ0) is 17.9. The zero-order valence-electron chi connectivity index (χ0n) is 13.7. The number of benzene rings is 1. The van der Waals surface area contributed by atoms with E-state index in [0.717, 1.165) is 5.56 Å². The third-order valence-corrected chi connectivity index (χ3v) is 3.87. The van der Waals surface area contributed by atoms with Gasteiger partial charge in [-0.25, -0.2) is 4.79 Å². The molecule has 1 aliphatic heterocycles. The Kier molecular flexibility index (Phi) is 4.86. The highest BCUT2D eigenvalue weighted by atomic mass is 16.8. The molecule has 0 spiro atoms. The number of terminal acetylenes is 1. The van der Waals surface area contributed by atoms with Gasteiger partial charge in [-0.3, -0.25) is 14.3 Å². The van der Waals surface area contributed by atoms with Gasteiger partial charge >= 0.3 is 5.69 Å². The van der Waals surface area contributed by atoms with Gasteiger partial charge in [0.25, 0.3) is 11.3 Å². The number of aryl methyl sites for hydroxylation is 1. The van der Waals surface area contributed by atoms with Crippen molar-refractivity contribution in [2.45, 2.75) is 25.5 Å². The second kappa shape index (κ2) is 7.07. The summed E-state index contributed by atoms with van der Waals surface area (Å²) >= 11 is 0. The van der Waals surface area contributed by atoms with E-state index in [1.165, 1.54) is 10.8 Å². The van der Waals surface area contributed by atoms with Crippen molar-refractivity contribution in [1.29, 1.82) is 0 Å². The lowest BCUT2D eigenvalue weighted by Crippen LogP contribution is -2.37. The summed E-state index contributed by atoms with van der Waals surface area (Å²) in [6, 6.07) is 9.62. The highest BCUT2D eigenvalue weighted by Gasteiger charge is 2.42. The Morgan fingerprint density at radius 1 is 1.40 bits per heavy atom. The Labute approximate surface area is 144 Å². The number of aromatic nitrogens is 2. The monoisotopic (exact) mass is 342 g/mol. The molecule has 2 heterocycles. The average Bonchev–Trinajstić information content (AvgIpc) is 3.04. The van der Waals surface area contributed by atoms with Crippen molar-refractivity contribution in [2.75, 3.05) is 13.2 Å². The van der Waals surface area contributed by atoms with Crippen LogP contribution in [0.2, 0.25) is 0 Å². The van der Waals surface area contributed by atoms with E-state index in [4.69, 9.17) is 20.6 Å². The number of ether oxygens (including phenoxy) is 3. The van der Waals surface area contributed by atoms with Gasteiger partial charge in [0.1, 0.15) is 6.61 Å². The molecular weight excluding hydrogens is 324 g/mol. The van der Waals surface area contributed by atoms with Gasteiger partial charge in [-0.15, -0.1) is 6.42 Å². The molecule has 0 saturated carbocycles.